The molecule has 7 nitrogen and oxygen atoms in total. The Morgan fingerprint density at radius 1 is 1.03 bits per heavy atom. The molecule has 0 bridgehead atoms. The van der Waals surface area contributed by atoms with Crippen molar-refractivity contribution in [3.63, 3.8) is 0 Å². The van der Waals surface area contributed by atoms with Crippen molar-refractivity contribution in [1.82, 2.24) is 9.21 Å². The van der Waals surface area contributed by atoms with Crippen LogP contribution in [0.2, 0.25) is 10.0 Å². The molecular formula is C21H25Cl2N3O4S. The molecule has 0 aliphatic carbocycles. The van der Waals surface area contributed by atoms with Gasteiger partial charge in [0.05, 0.1) is 30.0 Å². The van der Waals surface area contributed by atoms with Gasteiger partial charge in [-0.3, -0.25) is 4.79 Å². The van der Waals surface area contributed by atoms with Crippen molar-refractivity contribution in [3.8, 4) is 5.75 Å². The van der Waals surface area contributed by atoms with Gasteiger partial charge < -0.3 is 14.5 Å². The Hall–Kier alpha value is -2.00. The summed E-state index contributed by atoms with van der Waals surface area (Å²) >= 11 is 12.0. The lowest BCUT2D eigenvalue weighted by Crippen LogP contribution is -2.51. The fourth-order valence-corrected chi connectivity index (χ4v) is 4.44. The molecular weight excluding hydrogens is 461 g/mol. The van der Waals surface area contributed by atoms with Crippen molar-refractivity contribution < 1.29 is 17.9 Å². The summed E-state index contributed by atoms with van der Waals surface area (Å²) in [6, 6.07) is 12.7. The number of rotatable bonds is 7. The number of nitrogens with zero attached hydrogens (tertiary/aromatic N) is 3. The average molecular weight is 486 g/mol. The van der Waals surface area contributed by atoms with Gasteiger partial charge in [0.1, 0.15) is 5.75 Å². The maximum Gasteiger partial charge on any atom is 0.238 e. The molecule has 1 aliphatic rings. The van der Waals surface area contributed by atoms with Crippen LogP contribution in [0.4, 0.5) is 5.69 Å². The number of carbonyl (C=O) groups excluding carboxylic acids is 1. The lowest BCUT2D eigenvalue weighted by molar-refractivity contribution is -0.131. The van der Waals surface area contributed by atoms with Crippen LogP contribution in [-0.2, 0) is 21.4 Å². The van der Waals surface area contributed by atoms with Crippen LogP contribution < -0.4 is 9.64 Å². The van der Waals surface area contributed by atoms with Crippen molar-refractivity contribution in [2.75, 3.05) is 51.0 Å². The van der Waals surface area contributed by atoms with Crippen LogP contribution in [0, 0.1) is 0 Å². The second-order valence-corrected chi connectivity index (χ2v) is 10.1. The number of benzene rings is 2. The van der Waals surface area contributed by atoms with Crippen LogP contribution in [0.3, 0.4) is 0 Å². The first kappa shape index (κ1) is 23.7. The highest BCUT2D eigenvalue weighted by Gasteiger charge is 2.26. The van der Waals surface area contributed by atoms with Gasteiger partial charge in [-0.2, -0.15) is 4.31 Å². The van der Waals surface area contributed by atoms with Crippen LogP contribution >= 0.6 is 23.2 Å². The minimum Gasteiger partial charge on any atom is -0.497 e. The van der Waals surface area contributed by atoms with E-state index in [9.17, 15) is 13.2 Å². The Labute approximate surface area is 193 Å². The molecule has 2 aromatic carbocycles. The summed E-state index contributed by atoms with van der Waals surface area (Å²) in [5.74, 6) is 0.570. The van der Waals surface area contributed by atoms with Gasteiger partial charge in [0.2, 0.25) is 15.9 Å². The van der Waals surface area contributed by atoms with Crippen molar-refractivity contribution >= 4 is 44.8 Å². The van der Waals surface area contributed by atoms with Gasteiger partial charge in [-0.05, 0) is 42.0 Å². The third-order valence-electron chi connectivity index (χ3n) is 5.19. The van der Waals surface area contributed by atoms with E-state index in [-0.39, 0.29) is 19.0 Å². The number of hydrogen-bond acceptors (Lipinski definition) is 5. The molecule has 1 fully saturated rings. The van der Waals surface area contributed by atoms with Crippen LogP contribution in [0.25, 0.3) is 0 Å². The molecule has 31 heavy (non-hydrogen) atoms. The molecule has 3 rings (SSSR count). The molecule has 0 unspecified atom stereocenters. The number of methoxy groups -OCH3 is 1. The number of carbonyl (C=O) groups is 1. The molecule has 1 saturated heterocycles. The predicted octanol–water partition coefficient (Wildman–Crippen LogP) is 3.11. The SMILES string of the molecule is COc1ccc(N2CCN(C(=O)CN(Cc3ccc(Cl)c(Cl)c3)S(C)(=O)=O)CC2)cc1. The van der Waals surface area contributed by atoms with Crippen molar-refractivity contribution in [2.24, 2.45) is 0 Å². The summed E-state index contributed by atoms with van der Waals surface area (Å²) in [4.78, 5) is 16.7. The zero-order valence-electron chi connectivity index (χ0n) is 17.4. The highest BCUT2D eigenvalue weighted by molar-refractivity contribution is 7.88. The summed E-state index contributed by atoms with van der Waals surface area (Å²) in [6.07, 6.45) is 1.10. The van der Waals surface area contributed by atoms with E-state index in [1.807, 2.05) is 24.3 Å². The smallest absolute Gasteiger partial charge is 0.238 e. The first-order valence-corrected chi connectivity index (χ1v) is 12.3. The zero-order chi connectivity index (χ0) is 22.6. The normalized spacial score (nSPS) is 14.7. The van der Waals surface area contributed by atoms with E-state index in [1.165, 1.54) is 0 Å². The fourth-order valence-electron chi connectivity index (χ4n) is 3.39. The van der Waals surface area contributed by atoms with Gasteiger partial charge in [-0.15, -0.1) is 0 Å². The highest BCUT2D eigenvalue weighted by Crippen LogP contribution is 2.24. The lowest BCUT2D eigenvalue weighted by Gasteiger charge is -2.37. The maximum absolute atomic E-state index is 12.8. The van der Waals surface area contributed by atoms with Crippen molar-refractivity contribution in [3.05, 3.63) is 58.1 Å². The average Bonchev–Trinajstić information content (AvgIpc) is 2.75. The quantitative estimate of drug-likeness (QED) is 0.602. The number of ether oxygens (including phenoxy) is 1. The molecule has 1 aliphatic heterocycles. The van der Waals surface area contributed by atoms with E-state index in [0.29, 0.717) is 41.8 Å². The minimum absolute atomic E-state index is 0.0489. The van der Waals surface area contributed by atoms with E-state index in [4.69, 9.17) is 27.9 Å². The molecule has 0 radical (unpaired) electrons. The van der Waals surface area contributed by atoms with E-state index in [1.54, 1.807) is 30.2 Å². The summed E-state index contributed by atoms with van der Waals surface area (Å²) < 4.78 is 30.9. The van der Waals surface area contributed by atoms with Crippen LogP contribution in [0.5, 0.6) is 5.75 Å². The van der Waals surface area contributed by atoms with E-state index in [2.05, 4.69) is 4.90 Å². The first-order chi connectivity index (χ1) is 14.7. The Kier molecular flexibility index (Phi) is 7.69. The van der Waals surface area contributed by atoms with Gasteiger partial charge in [-0.1, -0.05) is 29.3 Å². The Morgan fingerprint density at radius 3 is 2.23 bits per heavy atom. The van der Waals surface area contributed by atoms with E-state index in [0.717, 1.165) is 22.0 Å². The Morgan fingerprint density at radius 2 is 1.68 bits per heavy atom. The molecule has 10 heteroatoms. The molecule has 0 spiro atoms. The molecule has 1 heterocycles. The number of anilines is 1. The molecule has 168 valence electrons. The zero-order valence-corrected chi connectivity index (χ0v) is 19.8. The molecule has 1 amide bonds. The number of hydrogen-bond donors (Lipinski definition) is 0. The second kappa shape index (κ2) is 10.1. The van der Waals surface area contributed by atoms with Gasteiger partial charge in [0.25, 0.3) is 0 Å². The largest absolute Gasteiger partial charge is 0.497 e. The highest BCUT2D eigenvalue weighted by atomic mass is 35.5. The van der Waals surface area contributed by atoms with Gasteiger partial charge >= 0.3 is 0 Å². The molecule has 0 aromatic heterocycles. The topological polar surface area (TPSA) is 70.2 Å². The first-order valence-electron chi connectivity index (χ1n) is 9.73. The second-order valence-electron chi connectivity index (χ2n) is 7.35. The third-order valence-corrected chi connectivity index (χ3v) is 7.13. The molecule has 2 aromatic rings. The third kappa shape index (κ3) is 6.26. The molecule has 0 atom stereocenters. The van der Waals surface area contributed by atoms with Crippen LogP contribution in [-0.4, -0.2) is 69.6 Å². The van der Waals surface area contributed by atoms with E-state index >= 15 is 0 Å². The van der Waals surface area contributed by atoms with Crippen LogP contribution in [0.15, 0.2) is 42.5 Å². The standard InChI is InChI=1S/C21H25Cl2N3O4S/c1-30-18-6-4-17(5-7-18)24-9-11-25(12-10-24)21(27)15-26(31(2,28)29)14-16-3-8-19(22)20(23)13-16/h3-8,13H,9-12,14-15H2,1-2H3. The minimum atomic E-state index is -3.59. The Balaban J connectivity index is 1.61. The predicted molar refractivity (Wildman–Crippen MR) is 124 cm³/mol. The lowest BCUT2D eigenvalue weighted by atomic mass is 10.2. The van der Waals surface area contributed by atoms with Crippen LogP contribution in [0.1, 0.15) is 5.56 Å². The van der Waals surface area contributed by atoms with Gasteiger partial charge in [0, 0.05) is 38.4 Å². The maximum atomic E-state index is 12.8. The summed E-state index contributed by atoms with van der Waals surface area (Å²) in [6.45, 7) is 2.22. The molecule has 0 saturated carbocycles. The molecule has 0 N–H and O–H groups in total. The summed E-state index contributed by atoms with van der Waals surface area (Å²) in [7, 11) is -1.97. The summed E-state index contributed by atoms with van der Waals surface area (Å²) in [5.41, 5.74) is 1.72. The van der Waals surface area contributed by atoms with Crippen molar-refractivity contribution in [1.29, 1.82) is 0 Å². The fraction of sp³-hybridized carbons (Fsp3) is 0.381. The Bertz CT molecular complexity index is 1020. The number of piperazine rings is 1. The number of halogens is 2. The van der Waals surface area contributed by atoms with Gasteiger partial charge in [-0.25, -0.2) is 8.42 Å². The number of amides is 1. The van der Waals surface area contributed by atoms with Gasteiger partial charge in [0.15, 0.2) is 0 Å². The summed E-state index contributed by atoms with van der Waals surface area (Å²) in [5, 5.41) is 0.732. The van der Waals surface area contributed by atoms with Crippen molar-refractivity contribution in [2.45, 2.75) is 6.54 Å². The number of sulfonamides is 1. The van der Waals surface area contributed by atoms with E-state index < -0.39 is 10.0 Å². The monoisotopic (exact) mass is 485 g/mol.